The van der Waals surface area contributed by atoms with Crippen LogP contribution in [0, 0.1) is 0 Å². The van der Waals surface area contributed by atoms with E-state index in [1.807, 2.05) is 6.92 Å². The topological polar surface area (TPSA) is 63.3 Å². The summed E-state index contributed by atoms with van der Waals surface area (Å²) in [5.41, 5.74) is 5.71. The minimum atomic E-state index is -2.87. The van der Waals surface area contributed by atoms with Crippen molar-refractivity contribution in [2.75, 3.05) is 6.16 Å². The Morgan fingerprint density at radius 2 is 2.23 bits per heavy atom. The fraction of sp³-hybridized carbons (Fsp3) is 1.00. The van der Waals surface area contributed by atoms with E-state index in [0.29, 0.717) is 6.16 Å². The van der Waals surface area contributed by atoms with Gasteiger partial charge in [-0.1, -0.05) is 13.3 Å². The maximum Gasteiger partial charge on any atom is 0.203 e. The van der Waals surface area contributed by atoms with Crippen LogP contribution in [0.25, 0.3) is 0 Å². The second-order valence-electron chi connectivity index (χ2n) is 4.06. The van der Waals surface area contributed by atoms with E-state index in [0.717, 1.165) is 32.1 Å². The molecule has 1 saturated carbocycles. The molecule has 3 atom stereocenters. The van der Waals surface area contributed by atoms with E-state index >= 15 is 0 Å². The van der Waals surface area contributed by atoms with E-state index in [9.17, 15) is 9.46 Å². The summed E-state index contributed by atoms with van der Waals surface area (Å²) in [5, 5.41) is 0. The molecule has 1 rings (SSSR count). The second kappa shape index (κ2) is 4.59. The summed E-state index contributed by atoms with van der Waals surface area (Å²) in [5.74, 6) is 0. The largest absolute Gasteiger partial charge is 0.344 e. The number of hydrogen-bond donors (Lipinski definition) is 2. The Balaban J connectivity index is 2.44. The van der Waals surface area contributed by atoms with Gasteiger partial charge in [-0.3, -0.25) is 4.57 Å². The Kier molecular flexibility index (Phi) is 3.96. The highest BCUT2D eigenvalue weighted by molar-refractivity contribution is 7.58. The zero-order valence-electron chi connectivity index (χ0n) is 8.28. The minimum absolute atomic E-state index is 0.00551. The van der Waals surface area contributed by atoms with Crippen LogP contribution < -0.4 is 5.73 Å². The van der Waals surface area contributed by atoms with Crippen LogP contribution in [0.15, 0.2) is 0 Å². The molecule has 4 heteroatoms. The van der Waals surface area contributed by atoms with Gasteiger partial charge in [0.15, 0.2) is 0 Å². The number of rotatable bonds is 4. The quantitative estimate of drug-likeness (QED) is 0.689. The molecule has 0 aliphatic heterocycles. The van der Waals surface area contributed by atoms with Crippen LogP contribution >= 0.6 is 7.37 Å². The molecule has 0 aromatic heterocycles. The molecule has 0 radical (unpaired) electrons. The lowest BCUT2D eigenvalue weighted by Crippen LogP contribution is -2.16. The SMILES string of the molecule is CCCCP(=O)(O)[C@@H]1CC[C@@H](N)C1. The Bertz CT molecular complexity index is 208. The molecule has 13 heavy (non-hydrogen) atoms. The van der Waals surface area contributed by atoms with Gasteiger partial charge in [-0.05, 0) is 25.7 Å². The summed E-state index contributed by atoms with van der Waals surface area (Å²) in [6.07, 6.45) is 4.85. The number of hydrogen-bond acceptors (Lipinski definition) is 2. The highest BCUT2D eigenvalue weighted by atomic mass is 31.2. The molecule has 0 amide bonds. The highest BCUT2D eigenvalue weighted by Crippen LogP contribution is 2.53. The van der Waals surface area contributed by atoms with E-state index in [2.05, 4.69) is 0 Å². The standard InChI is InChI=1S/C9H20NO2P/c1-2-3-6-13(11,12)9-5-4-8(10)7-9/h8-9H,2-7,10H2,1H3,(H,11,12)/t8-,9-/m1/s1. The van der Waals surface area contributed by atoms with Crippen LogP contribution in [0.4, 0.5) is 0 Å². The zero-order valence-corrected chi connectivity index (χ0v) is 9.17. The van der Waals surface area contributed by atoms with Gasteiger partial charge in [0.05, 0.1) is 0 Å². The van der Waals surface area contributed by atoms with Gasteiger partial charge < -0.3 is 10.6 Å². The summed E-state index contributed by atoms with van der Waals surface area (Å²) in [6.45, 7) is 2.04. The summed E-state index contributed by atoms with van der Waals surface area (Å²) in [6, 6.07) is 0.159. The van der Waals surface area contributed by atoms with E-state index in [4.69, 9.17) is 5.73 Å². The molecule has 0 spiro atoms. The van der Waals surface area contributed by atoms with Gasteiger partial charge >= 0.3 is 0 Å². The van der Waals surface area contributed by atoms with Crippen LogP contribution in [0.1, 0.15) is 39.0 Å². The third kappa shape index (κ3) is 3.08. The summed E-state index contributed by atoms with van der Waals surface area (Å²) < 4.78 is 11.8. The van der Waals surface area contributed by atoms with Gasteiger partial charge in [0, 0.05) is 17.9 Å². The van der Waals surface area contributed by atoms with E-state index in [-0.39, 0.29) is 11.7 Å². The summed E-state index contributed by atoms with van der Waals surface area (Å²) in [7, 11) is -2.87. The van der Waals surface area contributed by atoms with Crippen molar-refractivity contribution in [1.29, 1.82) is 0 Å². The third-order valence-electron chi connectivity index (χ3n) is 2.85. The number of nitrogens with two attached hydrogens (primary N) is 1. The van der Waals surface area contributed by atoms with Crippen LogP contribution in [0.5, 0.6) is 0 Å². The first kappa shape index (κ1) is 11.2. The molecule has 3 N–H and O–H groups in total. The lowest BCUT2D eigenvalue weighted by molar-refractivity contribution is 0.459. The Morgan fingerprint density at radius 1 is 1.54 bits per heavy atom. The molecule has 0 bridgehead atoms. The van der Waals surface area contributed by atoms with Crippen LogP contribution in [-0.4, -0.2) is 22.8 Å². The first-order valence-corrected chi connectivity index (χ1v) is 7.04. The van der Waals surface area contributed by atoms with Gasteiger partial charge in [0.25, 0.3) is 0 Å². The lowest BCUT2D eigenvalue weighted by Gasteiger charge is -2.17. The van der Waals surface area contributed by atoms with Gasteiger partial charge in [-0.15, -0.1) is 0 Å². The molecule has 78 valence electrons. The molecule has 1 unspecified atom stereocenters. The van der Waals surface area contributed by atoms with Crippen molar-refractivity contribution in [3.8, 4) is 0 Å². The van der Waals surface area contributed by atoms with E-state index < -0.39 is 7.37 Å². The zero-order chi connectivity index (χ0) is 9.90. The molecule has 3 nitrogen and oxygen atoms in total. The molecule has 1 aliphatic rings. The van der Waals surface area contributed by atoms with Crippen molar-refractivity contribution in [2.24, 2.45) is 5.73 Å². The van der Waals surface area contributed by atoms with Crippen molar-refractivity contribution in [3.63, 3.8) is 0 Å². The predicted octanol–water partition coefficient (Wildman–Crippen LogP) is 1.94. The second-order valence-corrected chi connectivity index (χ2v) is 6.75. The predicted molar refractivity (Wildman–Crippen MR) is 55.2 cm³/mol. The molecular formula is C9H20NO2P. The van der Waals surface area contributed by atoms with Crippen molar-refractivity contribution in [2.45, 2.75) is 50.7 Å². The Hall–Kier alpha value is 0.150. The van der Waals surface area contributed by atoms with E-state index in [1.165, 1.54) is 0 Å². The van der Waals surface area contributed by atoms with Crippen molar-refractivity contribution in [1.82, 2.24) is 0 Å². The molecular weight excluding hydrogens is 185 g/mol. The third-order valence-corrected chi connectivity index (χ3v) is 5.42. The van der Waals surface area contributed by atoms with Crippen LogP contribution in [0.2, 0.25) is 0 Å². The fourth-order valence-corrected chi connectivity index (χ4v) is 4.21. The first-order valence-electron chi connectivity index (χ1n) is 5.13. The maximum atomic E-state index is 11.8. The minimum Gasteiger partial charge on any atom is -0.344 e. The van der Waals surface area contributed by atoms with Gasteiger partial charge in [-0.25, -0.2) is 0 Å². The van der Waals surface area contributed by atoms with Crippen molar-refractivity contribution < 1.29 is 9.46 Å². The van der Waals surface area contributed by atoms with Gasteiger partial charge in [-0.2, -0.15) is 0 Å². The summed E-state index contributed by atoms with van der Waals surface area (Å²) >= 11 is 0. The van der Waals surface area contributed by atoms with Crippen molar-refractivity contribution >= 4 is 7.37 Å². The lowest BCUT2D eigenvalue weighted by atomic mass is 10.3. The van der Waals surface area contributed by atoms with Gasteiger partial charge in [0.2, 0.25) is 7.37 Å². The Labute approximate surface area is 80.2 Å². The average Bonchev–Trinajstić information content (AvgIpc) is 2.49. The van der Waals surface area contributed by atoms with Crippen molar-refractivity contribution in [3.05, 3.63) is 0 Å². The molecule has 0 aromatic rings. The monoisotopic (exact) mass is 205 g/mol. The molecule has 0 saturated heterocycles. The molecule has 0 heterocycles. The number of unbranched alkanes of at least 4 members (excludes halogenated alkanes) is 1. The molecule has 1 fully saturated rings. The Morgan fingerprint density at radius 3 is 2.69 bits per heavy atom. The maximum absolute atomic E-state index is 11.8. The highest BCUT2D eigenvalue weighted by Gasteiger charge is 2.35. The van der Waals surface area contributed by atoms with Gasteiger partial charge in [0.1, 0.15) is 0 Å². The summed E-state index contributed by atoms with van der Waals surface area (Å²) in [4.78, 5) is 9.76. The molecule has 1 aliphatic carbocycles. The smallest absolute Gasteiger partial charge is 0.203 e. The van der Waals surface area contributed by atoms with Crippen LogP contribution in [-0.2, 0) is 4.57 Å². The normalized spacial score (nSPS) is 33.2. The van der Waals surface area contributed by atoms with Crippen LogP contribution in [0.3, 0.4) is 0 Å². The first-order chi connectivity index (χ1) is 6.06. The molecule has 0 aromatic carbocycles. The van der Waals surface area contributed by atoms with E-state index in [1.54, 1.807) is 0 Å². The average molecular weight is 205 g/mol. The fourth-order valence-electron chi connectivity index (χ4n) is 1.93.